The van der Waals surface area contributed by atoms with Crippen molar-refractivity contribution in [1.29, 1.82) is 0 Å². The zero-order valence-corrected chi connectivity index (χ0v) is 17.6. The molecule has 3 aromatic heterocycles. The Hall–Kier alpha value is -3.73. The maximum absolute atomic E-state index is 12.8. The maximum Gasteiger partial charge on any atom is 0.257 e. The molecule has 2 aliphatic rings. The summed E-state index contributed by atoms with van der Waals surface area (Å²) in [6, 6.07) is 6.93. The molecule has 2 amide bonds. The van der Waals surface area contributed by atoms with Crippen molar-refractivity contribution in [2.45, 2.75) is 37.8 Å². The van der Waals surface area contributed by atoms with Crippen molar-refractivity contribution in [2.75, 3.05) is 29.1 Å². The van der Waals surface area contributed by atoms with E-state index in [1.54, 1.807) is 34.7 Å². The summed E-state index contributed by atoms with van der Waals surface area (Å²) < 4.78 is 1.55. The van der Waals surface area contributed by atoms with Crippen molar-refractivity contribution in [1.82, 2.24) is 24.9 Å². The van der Waals surface area contributed by atoms with Crippen molar-refractivity contribution in [2.24, 2.45) is 0 Å². The van der Waals surface area contributed by atoms with Gasteiger partial charge in [0.25, 0.3) is 5.91 Å². The minimum absolute atomic E-state index is 0.0677. The minimum atomic E-state index is -0.514. The van der Waals surface area contributed by atoms with Crippen LogP contribution in [-0.4, -0.2) is 62.2 Å². The molecule has 32 heavy (non-hydrogen) atoms. The first kappa shape index (κ1) is 20.2. The second kappa shape index (κ2) is 8.08. The number of nitrogens with one attached hydrogen (secondary N) is 3. The van der Waals surface area contributed by atoms with E-state index in [4.69, 9.17) is 0 Å². The van der Waals surface area contributed by atoms with Crippen molar-refractivity contribution in [3.63, 3.8) is 0 Å². The van der Waals surface area contributed by atoms with Crippen molar-refractivity contribution >= 4 is 40.7 Å². The molecule has 166 valence electrons. The molecular formula is C21H24N8O3. The van der Waals surface area contributed by atoms with Crippen LogP contribution in [0.5, 0.6) is 0 Å². The van der Waals surface area contributed by atoms with Gasteiger partial charge in [-0.3, -0.25) is 14.5 Å². The van der Waals surface area contributed by atoms with Crippen LogP contribution in [0.15, 0.2) is 30.5 Å². The fraction of sp³-hybridized carbons (Fsp3) is 0.381. The average molecular weight is 436 g/mol. The molecule has 2 fully saturated rings. The number of hydrogen-bond donors (Lipinski definition) is 4. The molecule has 1 aliphatic heterocycles. The molecule has 1 aliphatic carbocycles. The molecule has 2 atom stereocenters. The molecule has 0 radical (unpaired) electrons. The number of hydrogen-bond acceptors (Lipinski definition) is 8. The number of nitrogens with zero attached hydrogens (tertiary/aromatic N) is 5. The SMILES string of the molecule is CNc1cc(Nc2cccc(N3CCCC3=O)n2)nc2c(C(=O)NC3CC[C@@H]3O)cnn12. The number of aromatic nitrogens is 4. The van der Waals surface area contributed by atoms with E-state index in [2.05, 4.69) is 31.0 Å². The first-order valence-electron chi connectivity index (χ1n) is 10.6. The van der Waals surface area contributed by atoms with Gasteiger partial charge in [-0.2, -0.15) is 9.61 Å². The van der Waals surface area contributed by atoms with Crippen molar-refractivity contribution in [3.05, 3.63) is 36.0 Å². The highest BCUT2D eigenvalue weighted by molar-refractivity contribution is 6.00. The fourth-order valence-corrected chi connectivity index (χ4v) is 3.93. The highest BCUT2D eigenvalue weighted by atomic mass is 16.3. The van der Waals surface area contributed by atoms with Gasteiger partial charge >= 0.3 is 0 Å². The van der Waals surface area contributed by atoms with Crippen LogP contribution in [-0.2, 0) is 4.79 Å². The third-order valence-corrected chi connectivity index (χ3v) is 5.87. The van der Waals surface area contributed by atoms with Gasteiger partial charge in [0.1, 0.15) is 28.8 Å². The summed E-state index contributed by atoms with van der Waals surface area (Å²) in [4.78, 5) is 35.6. The second-order valence-corrected chi connectivity index (χ2v) is 7.95. The lowest BCUT2D eigenvalue weighted by atomic mass is 9.89. The third kappa shape index (κ3) is 3.60. The number of amides is 2. The largest absolute Gasteiger partial charge is 0.391 e. The smallest absolute Gasteiger partial charge is 0.257 e. The second-order valence-electron chi connectivity index (χ2n) is 7.95. The Balaban J connectivity index is 1.44. The van der Waals surface area contributed by atoms with Crippen molar-refractivity contribution < 1.29 is 14.7 Å². The monoisotopic (exact) mass is 436 g/mol. The van der Waals surface area contributed by atoms with E-state index in [0.29, 0.717) is 53.9 Å². The summed E-state index contributed by atoms with van der Waals surface area (Å²) in [5.41, 5.74) is 0.685. The van der Waals surface area contributed by atoms with E-state index >= 15 is 0 Å². The Kier molecular flexibility index (Phi) is 5.10. The van der Waals surface area contributed by atoms with Crippen LogP contribution in [0.1, 0.15) is 36.0 Å². The van der Waals surface area contributed by atoms with E-state index in [9.17, 15) is 14.7 Å². The number of fused-ring (bicyclic) bond motifs is 1. The molecule has 0 bridgehead atoms. The molecule has 11 nitrogen and oxygen atoms in total. The van der Waals surface area contributed by atoms with E-state index in [0.717, 1.165) is 12.8 Å². The minimum Gasteiger partial charge on any atom is -0.391 e. The molecule has 1 unspecified atom stereocenters. The zero-order chi connectivity index (χ0) is 22.2. The van der Waals surface area contributed by atoms with Gasteiger partial charge in [0.05, 0.1) is 18.3 Å². The van der Waals surface area contributed by atoms with Crippen LogP contribution in [0.4, 0.5) is 23.3 Å². The summed E-state index contributed by atoms with van der Waals surface area (Å²) in [5, 5.41) is 23.1. The number of carbonyl (C=O) groups is 2. The first-order valence-corrected chi connectivity index (χ1v) is 10.6. The quantitative estimate of drug-likeness (QED) is 0.454. The maximum atomic E-state index is 12.8. The standard InChI is InChI=1S/C21H24N8O3/c1-22-18-10-16(25-15-4-2-5-17(26-15)28-9-3-6-19(28)31)27-20-12(11-23-29(18)20)21(32)24-13-7-8-14(13)30/h2,4-5,10-11,13-14,22,30H,3,6-9H2,1H3,(H,24,32)(H,25,26,27)/t13?,14-/m0/s1. The van der Waals surface area contributed by atoms with Crippen molar-refractivity contribution in [3.8, 4) is 0 Å². The van der Waals surface area contributed by atoms with E-state index in [1.807, 2.05) is 6.07 Å². The lowest BCUT2D eigenvalue weighted by Crippen LogP contribution is -2.50. The highest BCUT2D eigenvalue weighted by Crippen LogP contribution is 2.25. The highest BCUT2D eigenvalue weighted by Gasteiger charge is 2.31. The van der Waals surface area contributed by atoms with Crippen LogP contribution in [0.25, 0.3) is 5.65 Å². The molecule has 0 aromatic carbocycles. The summed E-state index contributed by atoms with van der Waals surface area (Å²) >= 11 is 0. The predicted octanol–water partition coefficient (Wildman–Crippen LogP) is 1.29. The van der Waals surface area contributed by atoms with Gasteiger partial charge in [-0.25, -0.2) is 9.97 Å². The molecular weight excluding hydrogens is 412 g/mol. The lowest BCUT2D eigenvalue weighted by molar-refractivity contribution is -0.117. The number of pyridine rings is 1. The molecule has 3 aromatic rings. The fourth-order valence-electron chi connectivity index (χ4n) is 3.93. The van der Waals surface area contributed by atoms with Gasteiger partial charge in [-0.05, 0) is 31.4 Å². The summed E-state index contributed by atoms with van der Waals surface area (Å²) in [5.74, 6) is 1.96. The third-order valence-electron chi connectivity index (χ3n) is 5.87. The van der Waals surface area contributed by atoms with Gasteiger partial charge < -0.3 is 21.1 Å². The summed E-state index contributed by atoms with van der Waals surface area (Å²) in [7, 11) is 1.75. The number of rotatable bonds is 6. The number of anilines is 4. The Morgan fingerprint density at radius 2 is 2.09 bits per heavy atom. The van der Waals surface area contributed by atoms with Gasteiger partial charge in [0.2, 0.25) is 5.91 Å². The van der Waals surface area contributed by atoms with Crippen LogP contribution in [0.3, 0.4) is 0 Å². The van der Waals surface area contributed by atoms with E-state index in [1.165, 1.54) is 6.20 Å². The van der Waals surface area contributed by atoms with Gasteiger partial charge in [0.15, 0.2) is 5.65 Å². The summed E-state index contributed by atoms with van der Waals surface area (Å²) in [6.07, 6.45) is 3.74. The molecule has 1 saturated heterocycles. The number of carbonyl (C=O) groups excluding carboxylic acids is 2. The average Bonchev–Trinajstić information content (AvgIpc) is 3.42. The van der Waals surface area contributed by atoms with Crippen LogP contribution in [0, 0.1) is 0 Å². The Morgan fingerprint density at radius 1 is 1.22 bits per heavy atom. The van der Waals surface area contributed by atoms with Crippen LogP contribution < -0.4 is 20.9 Å². The van der Waals surface area contributed by atoms with Crippen LogP contribution in [0.2, 0.25) is 0 Å². The van der Waals surface area contributed by atoms with Gasteiger partial charge in [-0.1, -0.05) is 6.07 Å². The number of aliphatic hydroxyl groups excluding tert-OH is 1. The molecule has 5 rings (SSSR count). The Bertz CT molecular complexity index is 1190. The van der Waals surface area contributed by atoms with Gasteiger partial charge in [-0.15, -0.1) is 0 Å². The topological polar surface area (TPSA) is 137 Å². The van der Waals surface area contributed by atoms with Crippen LogP contribution >= 0.6 is 0 Å². The zero-order valence-electron chi connectivity index (χ0n) is 17.6. The lowest BCUT2D eigenvalue weighted by Gasteiger charge is -2.32. The first-order chi connectivity index (χ1) is 15.5. The molecule has 1 saturated carbocycles. The van der Waals surface area contributed by atoms with E-state index < -0.39 is 6.10 Å². The van der Waals surface area contributed by atoms with Gasteiger partial charge in [0, 0.05) is 26.1 Å². The normalized spacial score (nSPS) is 20.3. The summed E-state index contributed by atoms with van der Waals surface area (Å²) in [6.45, 7) is 0.660. The molecule has 0 spiro atoms. The molecule has 4 N–H and O–H groups in total. The molecule has 4 heterocycles. The predicted molar refractivity (Wildman–Crippen MR) is 118 cm³/mol. The Labute approximate surface area is 183 Å². The molecule has 11 heteroatoms. The number of aliphatic hydroxyl groups is 1. The van der Waals surface area contributed by atoms with E-state index in [-0.39, 0.29) is 17.9 Å². The Morgan fingerprint density at radius 3 is 2.78 bits per heavy atom.